The van der Waals surface area contributed by atoms with Crippen LogP contribution in [0.4, 0.5) is 10.2 Å². The largest absolute Gasteiger partial charge is 0.496 e. The number of nitrogens with one attached hydrogen (secondary N) is 1. The van der Waals surface area contributed by atoms with E-state index >= 15 is 0 Å². The van der Waals surface area contributed by atoms with E-state index in [-0.39, 0.29) is 23.0 Å². The van der Waals surface area contributed by atoms with Crippen molar-refractivity contribution in [1.29, 1.82) is 0 Å². The number of rotatable bonds is 5. The monoisotopic (exact) mass is 446 g/mol. The average molecular weight is 446 g/mol. The van der Waals surface area contributed by atoms with Crippen LogP contribution in [0.15, 0.2) is 48.8 Å². The summed E-state index contributed by atoms with van der Waals surface area (Å²) in [5, 5.41) is 2.55. The van der Waals surface area contributed by atoms with Crippen LogP contribution >= 0.6 is 0 Å². The molecule has 3 heterocycles. The first-order valence-corrected chi connectivity index (χ1v) is 10.8. The van der Waals surface area contributed by atoms with Gasteiger partial charge in [0.05, 0.1) is 7.11 Å². The summed E-state index contributed by atoms with van der Waals surface area (Å²) in [7, 11) is 3.16. The molecule has 0 radical (unpaired) electrons. The van der Waals surface area contributed by atoms with E-state index < -0.39 is 5.82 Å². The Morgan fingerprint density at radius 2 is 2.06 bits per heavy atom. The molecule has 1 aliphatic carbocycles. The molecule has 7 nitrogen and oxygen atoms in total. The smallest absolute Gasteiger partial charge is 0.269 e. The van der Waals surface area contributed by atoms with Gasteiger partial charge in [0.2, 0.25) is 0 Å². The van der Waals surface area contributed by atoms with Crippen LogP contribution in [0.1, 0.15) is 50.4 Å². The molecule has 0 bridgehead atoms. The first kappa shape index (κ1) is 21.1. The molecule has 5 rings (SSSR count). The summed E-state index contributed by atoms with van der Waals surface area (Å²) in [6.45, 7) is 0.403. The Bertz CT molecular complexity index is 1260. The number of carbonyl (C=O) groups is 2. The highest BCUT2D eigenvalue weighted by Gasteiger charge is 2.52. The lowest BCUT2D eigenvalue weighted by Crippen LogP contribution is -2.44. The molecular formula is C25H23FN4O3. The predicted octanol–water partition coefficient (Wildman–Crippen LogP) is 3.27. The minimum absolute atomic E-state index is 0.0609. The van der Waals surface area contributed by atoms with Gasteiger partial charge in [0.15, 0.2) is 11.6 Å². The Labute approximate surface area is 190 Å². The van der Waals surface area contributed by atoms with Crippen molar-refractivity contribution in [2.24, 2.45) is 0 Å². The third-order valence-corrected chi connectivity index (χ3v) is 6.46. The van der Waals surface area contributed by atoms with Crippen LogP contribution in [0.25, 0.3) is 0 Å². The molecule has 1 saturated carbocycles. The van der Waals surface area contributed by atoms with Gasteiger partial charge >= 0.3 is 0 Å². The van der Waals surface area contributed by atoms with E-state index in [2.05, 4.69) is 15.3 Å². The second-order valence-corrected chi connectivity index (χ2v) is 8.50. The maximum atomic E-state index is 14.5. The van der Waals surface area contributed by atoms with Crippen LogP contribution < -0.4 is 15.0 Å². The van der Waals surface area contributed by atoms with Crippen LogP contribution in [0.5, 0.6) is 5.75 Å². The Kier molecular flexibility index (Phi) is 5.08. The summed E-state index contributed by atoms with van der Waals surface area (Å²) in [6.07, 6.45) is 5.45. The van der Waals surface area contributed by atoms with E-state index in [1.165, 1.54) is 23.2 Å². The van der Waals surface area contributed by atoms with Crippen LogP contribution in [0.3, 0.4) is 0 Å². The Balaban J connectivity index is 1.53. The average Bonchev–Trinajstić information content (AvgIpc) is 3.62. The third kappa shape index (κ3) is 3.61. The summed E-state index contributed by atoms with van der Waals surface area (Å²) < 4.78 is 20.2. The molecule has 2 aliphatic rings. The number of nitrogens with zero attached hydrogens (tertiary/aromatic N) is 3. The second-order valence-electron chi connectivity index (χ2n) is 8.50. The second kappa shape index (κ2) is 7.95. The van der Waals surface area contributed by atoms with Crippen molar-refractivity contribution in [3.8, 4) is 5.75 Å². The van der Waals surface area contributed by atoms with Gasteiger partial charge in [-0.05, 0) is 59.9 Å². The molecule has 1 fully saturated rings. The number of carbonyl (C=O) groups excluding carboxylic acids is 2. The van der Waals surface area contributed by atoms with Crippen molar-refractivity contribution in [2.45, 2.75) is 24.7 Å². The number of amides is 2. The lowest BCUT2D eigenvalue weighted by Gasteiger charge is -2.34. The molecule has 0 saturated heterocycles. The Morgan fingerprint density at radius 3 is 2.70 bits per heavy atom. The number of fused-ring (bicyclic) bond motifs is 2. The van der Waals surface area contributed by atoms with Gasteiger partial charge in [0, 0.05) is 43.4 Å². The molecule has 33 heavy (non-hydrogen) atoms. The summed E-state index contributed by atoms with van der Waals surface area (Å²) >= 11 is 0. The van der Waals surface area contributed by atoms with E-state index in [1.54, 1.807) is 26.4 Å². The fourth-order valence-electron chi connectivity index (χ4n) is 4.51. The summed E-state index contributed by atoms with van der Waals surface area (Å²) in [4.78, 5) is 35.0. The minimum Gasteiger partial charge on any atom is -0.496 e. The first-order valence-electron chi connectivity index (χ1n) is 10.8. The number of halogens is 1. The molecule has 8 heteroatoms. The molecule has 168 valence electrons. The first-order chi connectivity index (χ1) is 16.0. The molecule has 3 aromatic rings. The van der Waals surface area contributed by atoms with Gasteiger partial charge < -0.3 is 10.1 Å². The molecule has 1 aliphatic heterocycles. The van der Waals surface area contributed by atoms with Gasteiger partial charge in [-0.15, -0.1) is 0 Å². The van der Waals surface area contributed by atoms with Crippen molar-refractivity contribution >= 4 is 17.6 Å². The van der Waals surface area contributed by atoms with Crippen LogP contribution in [-0.4, -0.2) is 42.5 Å². The molecule has 0 atom stereocenters. The van der Waals surface area contributed by atoms with Crippen LogP contribution in [0.2, 0.25) is 0 Å². The molecule has 0 unspecified atom stereocenters. The third-order valence-electron chi connectivity index (χ3n) is 6.46. The van der Waals surface area contributed by atoms with Gasteiger partial charge in [-0.2, -0.15) is 0 Å². The molecular weight excluding hydrogens is 423 g/mol. The number of ether oxygens (including phenoxy) is 1. The minimum atomic E-state index is -0.513. The van der Waals surface area contributed by atoms with Gasteiger partial charge in [-0.25, -0.2) is 9.37 Å². The van der Waals surface area contributed by atoms with Crippen molar-refractivity contribution in [3.63, 3.8) is 0 Å². The molecule has 2 aromatic heterocycles. The predicted molar refractivity (Wildman–Crippen MR) is 120 cm³/mol. The van der Waals surface area contributed by atoms with Gasteiger partial charge in [-0.3, -0.25) is 19.5 Å². The number of methoxy groups -OCH3 is 1. The highest BCUT2D eigenvalue weighted by Crippen LogP contribution is 2.54. The summed E-state index contributed by atoms with van der Waals surface area (Å²) in [6, 6.07) is 10.1. The van der Waals surface area contributed by atoms with E-state index in [1.807, 2.05) is 18.2 Å². The van der Waals surface area contributed by atoms with Gasteiger partial charge in [0.25, 0.3) is 11.8 Å². The van der Waals surface area contributed by atoms with Gasteiger partial charge in [0.1, 0.15) is 11.4 Å². The standard InChI is InChI=1S/C25H23FN4O3/c1-27-23(31)20-6-5-15(13-29-20)10-16-11-17-18(12-21(16)33-2)25(7-8-25)14-30(24(17)32)22-19(26)4-3-9-28-22/h3-6,9,11-13H,7-8,10,14H2,1-2H3,(H,27,31). The highest BCUT2D eigenvalue weighted by molar-refractivity contribution is 6.09. The molecule has 2 amide bonds. The summed E-state index contributed by atoms with van der Waals surface area (Å²) in [5.41, 5.74) is 3.33. The lowest BCUT2D eigenvalue weighted by atomic mass is 9.84. The van der Waals surface area contributed by atoms with Gasteiger partial charge in [-0.1, -0.05) is 6.07 Å². The van der Waals surface area contributed by atoms with Crippen molar-refractivity contribution < 1.29 is 18.7 Å². The number of anilines is 1. The molecule has 1 N–H and O–H groups in total. The number of benzene rings is 1. The van der Waals surface area contributed by atoms with E-state index in [0.29, 0.717) is 30.0 Å². The highest BCUT2D eigenvalue weighted by atomic mass is 19.1. The normalized spacial score (nSPS) is 15.8. The zero-order valence-corrected chi connectivity index (χ0v) is 18.4. The topological polar surface area (TPSA) is 84.4 Å². The van der Waals surface area contributed by atoms with E-state index in [9.17, 15) is 14.0 Å². The van der Waals surface area contributed by atoms with Crippen LogP contribution in [-0.2, 0) is 11.8 Å². The zero-order valence-electron chi connectivity index (χ0n) is 18.4. The quantitative estimate of drug-likeness (QED) is 0.650. The molecule has 1 spiro atoms. The Morgan fingerprint density at radius 1 is 1.24 bits per heavy atom. The SMILES string of the molecule is CNC(=O)c1ccc(Cc2cc3c(cc2OC)C2(CC2)CN(c2ncccc2F)C3=O)cn1. The van der Waals surface area contributed by atoms with Crippen LogP contribution in [0, 0.1) is 5.82 Å². The molecule has 1 aromatic carbocycles. The number of aromatic nitrogens is 2. The number of hydrogen-bond donors (Lipinski definition) is 1. The number of pyridine rings is 2. The van der Waals surface area contributed by atoms with E-state index in [4.69, 9.17) is 4.74 Å². The van der Waals surface area contributed by atoms with E-state index in [0.717, 1.165) is 29.5 Å². The Hall–Kier alpha value is -3.81. The summed E-state index contributed by atoms with van der Waals surface area (Å²) in [5.74, 6) is -0.278. The zero-order chi connectivity index (χ0) is 23.2. The maximum Gasteiger partial charge on any atom is 0.269 e. The number of hydrogen-bond acceptors (Lipinski definition) is 5. The van der Waals surface area contributed by atoms with Crippen molar-refractivity contribution in [3.05, 3.63) is 82.6 Å². The fourth-order valence-corrected chi connectivity index (χ4v) is 4.51. The fraction of sp³-hybridized carbons (Fsp3) is 0.280. The lowest BCUT2D eigenvalue weighted by molar-refractivity contribution is 0.0954. The maximum absolute atomic E-state index is 14.5. The van der Waals surface area contributed by atoms with Crippen molar-refractivity contribution in [1.82, 2.24) is 15.3 Å². The van der Waals surface area contributed by atoms with Crippen molar-refractivity contribution in [2.75, 3.05) is 25.6 Å².